The Labute approximate surface area is 196 Å². The van der Waals surface area contributed by atoms with Gasteiger partial charge in [0, 0.05) is 65.1 Å². The molecule has 1 saturated heterocycles. The monoisotopic (exact) mass is 484 g/mol. The third kappa shape index (κ3) is 7.13. The molecule has 1 N–H and O–H groups in total. The summed E-state index contributed by atoms with van der Waals surface area (Å²) in [5, 5.41) is 2.86. The molecule has 1 aliphatic heterocycles. The van der Waals surface area contributed by atoms with Gasteiger partial charge in [0.25, 0.3) is 5.91 Å². The highest BCUT2D eigenvalue weighted by atomic mass is 32.2. The fourth-order valence-corrected chi connectivity index (χ4v) is 5.35. The molecule has 186 valence electrons. The summed E-state index contributed by atoms with van der Waals surface area (Å²) in [5.74, 6) is -0.0793. The van der Waals surface area contributed by atoms with Crippen LogP contribution < -0.4 is 10.1 Å². The molecule has 1 fully saturated rings. The van der Waals surface area contributed by atoms with Crippen molar-refractivity contribution in [1.29, 1.82) is 0 Å². The average molecular weight is 485 g/mol. The van der Waals surface area contributed by atoms with E-state index in [-0.39, 0.29) is 29.0 Å². The molecule has 1 aromatic rings. The number of hydrogen-bond donors (Lipinski definition) is 1. The number of piperazine rings is 1. The largest absolute Gasteiger partial charge is 0.495 e. The van der Waals surface area contributed by atoms with Crippen molar-refractivity contribution >= 4 is 21.8 Å². The van der Waals surface area contributed by atoms with Crippen molar-refractivity contribution in [3.05, 3.63) is 23.8 Å². The molecule has 33 heavy (non-hydrogen) atoms. The number of ether oxygens (including phenoxy) is 2. The Morgan fingerprint density at radius 1 is 1.09 bits per heavy atom. The van der Waals surface area contributed by atoms with Crippen molar-refractivity contribution in [3.63, 3.8) is 0 Å². The smallest absolute Gasteiger partial charge is 0.253 e. The highest BCUT2D eigenvalue weighted by molar-refractivity contribution is 7.89. The lowest BCUT2D eigenvalue weighted by Crippen LogP contribution is -2.51. The maximum atomic E-state index is 13.1. The molecule has 0 unspecified atom stereocenters. The van der Waals surface area contributed by atoms with Crippen molar-refractivity contribution in [2.24, 2.45) is 0 Å². The highest BCUT2D eigenvalue weighted by Crippen LogP contribution is 2.28. The second-order valence-electron chi connectivity index (χ2n) is 7.72. The summed E-state index contributed by atoms with van der Waals surface area (Å²) in [6.45, 7) is 7.68. The molecule has 10 nitrogen and oxygen atoms in total. The van der Waals surface area contributed by atoms with E-state index in [4.69, 9.17) is 9.47 Å². The number of methoxy groups -OCH3 is 2. The average Bonchev–Trinajstić information content (AvgIpc) is 2.82. The van der Waals surface area contributed by atoms with E-state index < -0.39 is 10.0 Å². The molecule has 0 bridgehead atoms. The number of rotatable bonds is 12. The van der Waals surface area contributed by atoms with Gasteiger partial charge in [-0.25, -0.2) is 8.42 Å². The van der Waals surface area contributed by atoms with Gasteiger partial charge in [0.05, 0.1) is 13.7 Å². The molecule has 11 heteroatoms. The minimum atomic E-state index is -3.79. The van der Waals surface area contributed by atoms with E-state index in [9.17, 15) is 18.0 Å². The molecule has 1 heterocycles. The fourth-order valence-electron chi connectivity index (χ4n) is 3.71. The lowest BCUT2D eigenvalue weighted by atomic mass is 10.1. The van der Waals surface area contributed by atoms with E-state index in [1.165, 1.54) is 23.5 Å². The highest BCUT2D eigenvalue weighted by Gasteiger charge is 2.29. The Morgan fingerprint density at radius 2 is 1.76 bits per heavy atom. The van der Waals surface area contributed by atoms with Crippen LogP contribution in [0.4, 0.5) is 0 Å². The van der Waals surface area contributed by atoms with Gasteiger partial charge in [-0.2, -0.15) is 4.31 Å². The molecule has 0 atom stereocenters. The molecular weight excluding hydrogens is 448 g/mol. The summed E-state index contributed by atoms with van der Waals surface area (Å²) >= 11 is 0. The van der Waals surface area contributed by atoms with Gasteiger partial charge in [0.2, 0.25) is 15.9 Å². The molecule has 1 aliphatic rings. The summed E-state index contributed by atoms with van der Waals surface area (Å²) in [4.78, 5) is 28.8. The van der Waals surface area contributed by atoms with Crippen LogP contribution >= 0.6 is 0 Å². The Hall–Kier alpha value is -2.21. The van der Waals surface area contributed by atoms with Crippen LogP contribution in [-0.2, 0) is 19.6 Å². The number of amides is 2. The maximum Gasteiger partial charge on any atom is 0.253 e. The van der Waals surface area contributed by atoms with Crippen molar-refractivity contribution in [3.8, 4) is 5.75 Å². The zero-order valence-corrected chi connectivity index (χ0v) is 20.8. The van der Waals surface area contributed by atoms with E-state index in [2.05, 4.69) is 5.32 Å². The van der Waals surface area contributed by atoms with Crippen LogP contribution in [0.5, 0.6) is 5.75 Å². The SMILES string of the molecule is CCN(CC)S(=O)(=O)c1cc(C(=O)N2CCN(CC(=O)NCCCOC)CC2)ccc1OC. The molecule has 0 saturated carbocycles. The number of hydrogen-bond acceptors (Lipinski definition) is 7. The van der Waals surface area contributed by atoms with Gasteiger partial charge in [-0.15, -0.1) is 0 Å². The van der Waals surface area contributed by atoms with Crippen LogP contribution in [0.3, 0.4) is 0 Å². The Kier molecular flexibility index (Phi) is 10.6. The second kappa shape index (κ2) is 12.9. The summed E-state index contributed by atoms with van der Waals surface area (Å²) in [5.41, 5.74) is 0.297. The summed E-state index contributed by atoms with van der Waals surface area (Å²) < 4.78 is 37.7. The van der Waals surface area contributed by atoms with Crippen LogP contribution in [0.2, 0.25) is 0 Å². The van der Waals surface area contributed by atoms with E-state index in [1.54, 1.807) is 31.9 Å². The predicted octanol–water partition coefficient (Wildman–Crippen LogP) is 0.636. The first-order chi connectivity index (χ1) is 15.8. The van der Waals surface area contributed by atoms with Crippen LogP contribution in [0.1, 0.15) is 30.6 Å². The topological polar surface area (TPSA) is 108 Å². The van der Waals surface area contributed by atoms with Gasteiger partial charge in [-0.3, -0.25) is 14.5 Å². The Balaban J connectivity index is 2.03. The maximum absolute atomic E-state index is 13.1. The number of carbonyl (C=O) groups excluding carboxylic acids is 2. The van der Waals surface area contributed by atoms with Crippen molar-refractivity contribution in [2.75, 3.05) is 73.2 Å². The lowest BCUT2D eigenvalue weighted by Gasteiger charge is -2.34. The van der Waals surface area contributed by atoms with Crippen molar-refractivity contribution < 1.29 is 27.5 Å². The standard InChI is InChI=1S/C22H36N4O6S/c1-5-26(6-2)33(29,30)20-16-18(8-9-19(20)32-4)22(28)25-13-11-24(12-14-25)17-21(27)23-10-7-15-31-3/h8-9,16H,5-7,10-15,17H2,1-4H3,(H,23,27). The van der Waals surface area contributed by atoms with Gasteiger partial charge >= 0.3 is 0 Å². The third-order valence-electron chi connectivity index (χ3n) is 5.61. The number of sulfonamides is 1. The van der Waals surface area contributed by atoms with Crippen LogP contribution in [0.25, 0.3) is 0 Å². The van der Waals surface area contributed by atoms with E-state index in [1.807, 2.05) is 4.90 Å². The first kappa shape index (κ1) is 27.0. The summed E-state index contributed by atoms with van der Waals surface area (Å²) in [6.07, 6.45) is 0.762. The molecule has 0 aliphatic carbocycles. The number of nitrogens with one attached hydrogen (secondary N) is 1. The predicted molar refractivity (Wildman–Crippen MR) is 125 cm³/mol. The second-order valence-corrected chi connectivity index (χ2v) is 9.63. The molecule has 1 aromatic carbocycles. The number of carbonyl (C=O) groups is 2. The number of benzene rings is 1. The summed E-state index contributed by atoms with van der Waals surface area (Å²) in [7, 11) is -0.755. The zero-order valence-electron chi connectivity index (χ0n) is 20.0. The molecular formula is C22H36N4O6S. The van der Waals surface area contributed by atoms with E-state index in [0.717, 1.165) is 6.42 Å². The zero-order chi connectivity index (χ0) is 24.4. The fraction of sp³-hybridized carbons (Fsp3) is 0.636. The normalized spacial score (nSPS) is 15.0. The molecule has 2 amide bonds. The van der Waals surface area contributed by atoms with Crippen LogP contribution in [0, 0.1) is 0 Å². The quantitative estimate of drug-likeness (QED) is 0.434. The minimum Gasteiger partial charge on any atom is -0.495 e. The van der Waals surface area contributed by atoms with Gasteiger partial charge in [-0.05, 0) is 24.6 Å². The van der Waals surface area contributed by atoms with E-state index >= 15 is 0 Å². The summed E-state index contributed by atoms with van der Waals surface area (Å²) in [6, 6.07) is 4.50. The minimum absolute atomic E-state index is 0.0108. The van der Waals surface area contributed by atoms with Crippen molar-refractivity contribution in [2.45, 2.75) is 25.2 Å². The van der Waals surface area contributed by atoms with Gasteiger partial charge in [0.1, 0.15) is 10.6 Å². The Morgan fingerprint density at radius 3 is 2.33 bits per heavy atom. The third-order valence-corrected chi connectivity index (χ3v) is 7.68. The molecule has 2 rings (SSSR count). The Bertz CT molecular complexity index is 896. The van der Waals surface area contributed by atoms with Crippen LogP contribution in [0.15, 0.2) is 23.1 Å². The first-order valence-electron chi connectivity index (χ1n) is 11.2. The lowest BCUT2D eigenvalue weighted by molar-refractivity contribution is -0.122. The number of nitrogens with zero attached hydrogens (tertiary/aromatic N) is 3. The van der Waals surface area contributed by atoms with Crippen molar-refractivity contribution in [1.82, 2.24) is 19.4 Å². The molecule has 0 spiro atoms. The van der Waals surface area contributed by atoms with Gasteiger partial charge in [-0.1, -0.05) is 13.8 Å². The first-order valence-corrected chi connectivity index (χ1v) is 12.7. The van der Waals surface area contributed by atoms with Gasteiger partial charge in [0.15, 0.2) is 0 Å². The van der Waals surface area contributed by atoms with Gasteiger partial charge < -0.3 is 19.7 Å². The molecule has 0 radical (unpaired) electrons. The van der Waals surface area contributed by atoms with E-state index in [0.29, 0.717) is 58.0 Å². The molecule has 0 aromatic heterocycles. The van der Waals surface area contributed by atoms with Crippen LogP contribution in [-0.4, -0.2) is 108 Å².